The number of carbonyl (C=O) groups is 2. The molecule has 0 aromatic carbocycles. The van der Waals surface area contributed by atoms with Gasteiger partial charge in [0.2, 0.25) is 5.60 Å². The van der Waals surface area contributed by atoms with Gasteiger partial charge in [0.1, 0.15) is 42.7 Å². The first-order chi connectivity index (χ1) is 14.5. The minimum atomic E-state index is -3.24. The van der Waals surface area contributed by atoms with E-state index in [0.717, 1.165) is 0 Å². The fourth-order valence-corrected chi connectivity index (χ4v) is 3.41. The number of hydrazine groups is 2. The average molecular weight is 458 g/mol. The molecule has 0 bridgehead atoms. The third-order valence-electron chi connectivity index (χ3n) is 5.20. The molecule has 2 amide bonds. The van der Waals surface area contributed by atoms with Gasteiger partial charge in [0.05, 0.1) is 13.2 Å². The number of nitrogens with two attached hydrogens (primary N) is 2. The highest BCUT2D eigenvalue weighted by Crippen LogP contribution is 2.40. The van der Waals surface area contributed by atoms with E-state index in [1.165, 1.54) is 5.43 Å². The SMILES string of the molecule is NNC(=O)[C@@]1(O[C@H]2[C@H](O)[C@@H](O)[C@@H](O)O[C@@H]2CO)O[C@@](CO)(C(=O)NN)[C@H](O)[C@H](O)[C@H]1O. The fourth-order valence-electron chi connectivity index (χ4n) is 3.41. The predicted octanol–water partition coefficient (Wildman–Crippen LogP) is -8.68. The van der Waals surface area contributed by atoms with Gasteiger partial charge in [-0.3, -0.25) is 20.4 Å². The van der Waals surface area contributed by atoms with Crippen molar-refractivity contribution in [2.75, 3.05) is 13.2 Å². The Morgan fingerprint density at radius 2 is 1.48 bits per heavy atom. The maximum Gasteiger partial charge on any atom is 0.297 e. The van der Waals surface area contributed by atoms with Gasteiger partial charge in [-0.15, -0.1) is 0 Å². The first-order valence-electron chi connectivity index (χ1n) is 8.83. The monoisotopic (exact) mass is 458 g/mol. The van der Waals surface area contributed by atoms with Gasteiger partial charge in [-0.05, 0) is 0 Å². The van der Waals surface area contributed by atoms with Crippen LogP contribution in [0.2, 0.25) is 0 Å². The maximum absolute atomic E-state index is 12.6. The highest BCUT2D eigenvalue weighted by Gasteiger charge is 2.68. The van der Waals surface area contributed by atoms with Crippen LogP contribution in [-0.4, -0.2) is 126 Å². The molecule has 31 heavy (non-hydrogen) atoms. The first-order valence-corrected chi connectivity index (χ1v) is 8.83. The third kappa shape index (κ3) is 4.00. The Bertz CT molecular complexity index is 670. The molecule has 180 valence electrons. The zero-order valence-corrected chi connectivity index (χ0v) is 15.8. The standard InChI is InChI=1S/C14H26N4O13/c15-17-11(27)13(2-20)8(24)6(23)9(25)14(31-13,12(28)18-16)30-7-3(1-19)29-10(26)5(22)4(7)21/h3-10,19-26H,1-2,15-16H2,(H,17,27)(H,18,28)/t3-,4-,5-,6+,7-,8-,9-,10+,13-,14+/m1/s1. The Balaban J connectivity index is 2.60. The molecule has 0 aromatic heterocycles. The summed E-state index contributed by atoms with van der Waals surface area (Å²) < 4.78 is 15.4. The van der Waals surface area contributed by atoms with E-state index in [-0.39, 0.29) is 0 Å². The number of carbonyl (C=O) groups excluding carboxylic acids is 2. The predicted molar refractivity (Wildman–Crippen MR) is 91.2 cm³/mol. The van der Waals surface area contributed by atoms with E-state index < -0.39 is 85.4 Å². The van der Waals surface area contributed by atoms with Crippen LogP contribution in [-0.2, 0) is 23.8 Å². The number of hydrogen-bond acceptors (Lipinski definition) is 15. The van der Waals surface area contributed by atoms with Crippen LogP contribution in [0.1, 0.15) is 0 Å². The van der Waals surface area contributed by atoms with Gasteiger partial charge in [0.25, 0.3) is 17.6 Å². The molecule has 0 unspecified atom stereocenters. The van der Waals surface area contributed by atoms with Gasteiger partial charge in [-0.25, -0.2) is 11.7 Å². The number of rotatable bonds is 6. The number of aliphatic hydroxyl groups is 8. The number of amides is 2. The van der Waals surface area contributed by atoms with Crippen LogP contribution in [0.3, 0.4) is 0 Å². The lowest BCUT2D eigenvalue weighted by Crippen LogP contribution is -2.80. The molecule has 2 saturated heterocycles. The zero-order chi connectivity index (χ0) is 23.7. The molecule has 0 aliphatic carbocycles. The molecule has 2 aliphatic rings. The van der Waals surface area contributed by atoms with E-state index in [9.17, 15) is 50.4 Å². The number of ether oxygens (including phenoxy) is 3. The summed E-state index contributed by atoms with van der Waals surface area (Å²) in [6, 6.07) is 0. The molecule has 2 fully saturated rings. The second kappa shape index (κ2) is 9.50. The van der Waals surface area contributed by atoms with Gasteiger partial charge in [0.15, 0.2) is 6.29 Å². The smallest absolute Gasteiger partial charge is 0.297 e. The van der Waals surface area contributed by atoms with Crippen molar-refractivity contribution >= 4 is 11.8 Å². The van der Waals surface area contributed by atoms with Crippen LogP contribution >= 0.6 is 0 Å². The van der Waals surface area contributed by atoms with Crippen LogP contribution < -0.4 is 22.5 Å². The molecule has 2 heterocycles. The Labute approximate surface area is 173 Å². The van der Waals surface area contributed by atoms with E-state index in [2.05, 4.69) is 0 Å². The third-order valence-corrected chi connectivity index (χ3v) is 5.20. The molecule has 17 heteroatoms. The summed E-state index contributed by atoms with van der Waals surface area (Å²) in [6.07, 6.45) is -16.9. The molecule has 2 aliphatic heterocycles. The van der Waals surface area contributed by atoms with E-state index in [0.29, 0.717) is 0 Å². The molecule has 0 spiro atoms. The van der Waals surface area contributed by atoms with Crippen LogP contribution in [0.25, 0.3) is 0 Å². The van der Waals surface area contributed by atoms with Crippen molar-refractivity contribution in [1.82, 2.24) is 10.9 Å². The summed E-state index contributed by atoms with van der Waals surface area (Å²) in [5.41, 5.74) is 0.189. The molecule has 0 saturated carbocycles. The lowest BCUT2D eigenvalue weighted by Gasteiger charge is -2.53. The quantitative estimate of drug-likeness (QED) is 0.0998. The van der Waals surface area contributed by atoms with E-state index in [1.807, 2.05) is 0 Å². The van der Waals surface area contributed by atoms with Crippen molar-refractivity contribution in [3.63, 3.8) is 0 Å². The second-order valence-corrected chi connectivity index (χ2v) is 6.96. The topological polar surface area (TPSA) is 300 Å². The zero-order valence-electron chi connectivity index (χ0n) is 15.8. The van der Waals surface area contributed by atoms with Crippen LogP contribution in [0.5, 0.6) is 0 Å². The number of aliphatic hydroxyl groups excluding tert-OH is 8. The van der Waals surface area contributed by atoms with Gasteiger partial charge in [-0.1, -0.05) is 0 Å². The maximum atomic E-state index is 12.6. The van der Waals surface area contributed by atoms with Crippen molar-refractivity contribution in [1.29, 1.82) is 0 Å². The van der Waals surface area contributed by atoms with Gasteiger partial charge in [-0.2, -0.15) is 0 Å². The number of hydrogen-bond donors (Lipinski definition) is 12. The number of nitrogens with one attached hydrogen (secondary N) is 2. The summed E-state index contributed by atoms with van der Waals surface area (Å²) in [6.45, 7) is -2.36. The molecular formula is C14H26N4O13. The molecule has 0 aromatic rings. The molecule has 10 atom stereocenters. The molecule has 17 nitrogen and oxygen atoms in total. The minimum Gasteiger partial charge on any atom is -0.394 e. The summed E-state index contributed by atoms with van der Waals surface area (Å²) in [7, 11) is 0. The normalized spacial score (nSPS) is 45.7. The van der Waals surface area contributed by atoms with E-state index in [4.69, 9.17) is 25.9 Å². The summed E-state index contributed by atoms with van der Waals surface area (Å²) in [4.78, 5) is 24.9. The second-order valence-electron chi connectivity index (χ2n) is 6.96. The van der Waals surface area contributed by atoms with Crippen molar-refractivity contribution in [2.45, 2.75) is 60.4 Å². The van der Waals surface area contributed by atoms with Crippen molar-refractivity contribution in [3.05, 3.63) is 0 Å². The van der Waals surface area contributed by atoms with Gasteiger partial charge < -0.3 is 55.1 Å². The fraction of sp³-hybridized carbons (Fsp3) is 0.857. The van der Waals surface area contributed by atoms with Crippen LogP contribution in [0, 0.1) is 0 Å². The summed E-state index contributed by atoms with van der Waals surface area (Å²) in [5, 5.41) is 80.0. The average Bonchev–Trinajstić information content (AvgIpc) is 2.78. The Morgan fingerprint density at radius 1 is 0.903 bits per heavy atom. The van der Waals surface area contributed by atoms with Gasteiger partial charge >= 0.3 is 0 Å². The molecule has 0 radical (unpaired) electrons. The van der Waals surface area contributed by atoms with E-state index in [1.54, 1.807) is 5.43 Å². The highest BCUT2D eigenvalue weighted by atomic mass is 16.8. The Kier molecular flexibility index (Phi) is 7.87. The molecule has 14 N–H and O–H groups in total. The minimum absolute atomic E-state index is 0.957. The lowest BCUT2D eigenvalue weighted by atomic mass is 9.82. The van der Waals surface area contributed by atoms with Crippen molar-refractivity contribution < 1.29 is 64.7 Å². The lowest BCUT2D eigenvalue weighted by molar-refractivity contribution is -0.399. The summed E-state index contributed by atoms with van der Waals surface area (Å²) >= 11 is 0. The highest BCUT2D eigenvalue weighted by molar-refractivity contribution is 5.89. The Morgan fingerprint density at radius 3 is 1.97 bits per heavy atom. The van der Waals surface area contributed by atoms with Crippen LogP contribution in [0.4, 0.5) is 0 Å². The molecule has 2 rings (SSSR count). The van der Waals surface area contributed by atoms with Crippen LogP contribution in [0.15, 0.2) is 0 Å². The first kappa shape index (κ1) is 25.7. The van der Waals surface area contributed by atoms with Crippen molar-refractivity contribution in [3.8, 4) is 0 Å². The largest absolute Gasteiger partial charge is 0.394 e. The van der Waals surface area contributed by atoms with Gasteiger partial charge in [0, 0.05) is 0 Å². The summed E-state index contributed by atoms with van der Waals surface area (Å²) in [5.74, 6) is 3.83. The Hall–Kier alpha value is -1.58. The van der Waals surface area contributed by atoms with Crippen molar-refractivity contribution in [2.24, 2.45) is 11.7 Å². The van der Waals surface area contributed by atoms with E-state index >= 15 is 0 Å². The molecular weight excluding hydrogens is 432 g/mol.